The van der Waals surface area contributed by atoms with Crippen LogP contribution < -0.4 is 10.2 Å². The molecule has 0 unspecified atom stereocenters. The lowest BCUT2D eigenvalue weighted by molar-refractivity contribution is 0.964. The van der Waals surface area contributed by atoms with Crippen molar-refractivity contribution >= 4 is 22.7 Å². The van der Waals surface area contributed by atoms with Gasteiger partial charge in [-0.15, -0.1) is 0 Å². The Morgan fingerprint density at radius 2 is 1.67 bits per heavy atom. The Labute approximate surface area is 123 Å². The Morgan fingerprint density at radius 3 is 2.43 bits per heavy atom. The summed E-state index contributed by atoms with van der Waals surface area (Å²) in [6.07, 6.45) is 0. The Kier molecular flexibility index (Phi) is 3.39. The molecule has 0 radical (unpaired) electrons. The summed E-state index contributed by atoms with van der Waals surface area (Å²) in [6, 6.07) is 14.4. The normalized spacial score (nSPS) is 10.6. The van der Waals surface area contributed by atoms with Gasteiger partial charge in [0.2, 0.25) is 11.9 Å². The average Bonchev–Trinajstić information content (AvgIpc) is 2.53. The maximum atomic E-state index is 4.56. The Hall–Kier alpha value is -2.69. The molecule has 0 saturated carbocycles. The number of nitrogens with zero attached hydrogens (tertiary/aromatic N) is 4. The van der Waals surface area contributed by atoms with Crippen molar-refractivity contribution in [1.82, 2.24) is 15.0 Å². The lowest BCUT2D eigenvalue weighted by Gasteiger charge is -2.13. The Bertz CT molecular complexity index is 777. The molecule has 0 aliphatic heterocycles. The molecule has 0 atom stereocenters. The molecule has 0 aliphatic carbocycles. The van der Waals surface area contributed by atoms with Gasteiger partial charge in [-0.1, -0.05) is 42.5 Å². The van der Waals surface area contributed by atoms with Crippen LogP contribution in [0.25, 0.3) is 22.2 Å². The van der Waals surface area contributed by atoms with Crippen molar-refractivity contribution < 1.29 is 0 Å². The summed E-state index contributed by atoms with van der Waals surface area (Å²) in [7, 11) is 5.64. The molecule has 5 nitrogen and oxygen atoms in total. The molecule has 0 amide bonds. The fourth-order valence-electron chi connectivity index (χ4n) is 2.22. The number of anilines is 2. The highest BCUT2D eigenvalue weighted by Crippen LogP contribution is 2.27. The second-order valence-corrected chi connectivity index (χ2v) is 4.95. The maximum Gasteiger partial charge on any atom is 0.230 e. The van der Waals surface area contributed by atoms with Crippen LogP contribution in [0.1, 0.15) is 0 Å². The van der Waals surface area contributed by atoms with Gasteiger partial charge in [0, 0.05) is 26.7 Å². The monoisotopic (exact) mass is 279 g/mol. The topological polar surface area (TPSA) is 53.9 Å². The number of hydrogen-bond donors (Lipinski definition) is 1. The predicted molar refractivity (Wildman–Crippen MR) is 86.6 cm³/mol. The van der Waals surface area contributed by atoms with E-state index < -0.39 is 0 Å². The van der Waals surface area contributed by atoms with E-state index >= 15 is 0 Å². The van der Waals surface area contributed by atoms with E-state index in [4.69, 9.17) is 0 Å². The summed E-state index contributed by atoms with van der Waals surface area (Å²) in [6.45, 7) is 0. The maximum absolute atomic E-state index is 4.56. The first kappa shape index (κ1) is 13.3. The van der Waals surface area contributed by atoms with E-state index in [0.29, 0.717) is 17.7 Å². The zero-order valence-electron chi connectivity index (χ0n) is 12.3. The highest BCUT2D eigenvalue weighted by molar-refractivity contribution is 5.95. The van der Waals surface area contributed by atoms with Crippen molar-refractivity contribution in [2.75, 3.05) is 31.4 Å². The molecule has 1 heterocycles. The molecule has 0 bridgehead atoms. The zero-order chi connectivity index (χ0) is 14.8. The fourth-order valence-corrected chi connectivity index (χ4v) is 2.22. The third kappa shape index (κ3) is 2.50. The van der Waals surface area contributed by atoms with Gasteiger partial charge in [-0.25, -0.2) is 0 Å². The zero-order valence-corrected chi connectivity index (χ0v) is 12.3. The number of rotatable bonds is 3. The molecule has 106 valence electrons. The summed E-state index contributed by atoms with van der Waals surface area (Å²) in [5.74, 6) is 1.88. The van der Waals surface area contributed by atoms with Crippen molar-refractivity contribution in [3.63, 3.8) is 0 Å². The molecular formula is C16H17N5. The van der Waals surface area contributed by atoms with Crippen LogP contribution in [-0.4, -0.2) is 36.1 Å². The number of aromatic nitrogens is 3. The molecule has 5 heteroatoms. The third-order valence-electron chi connectivity index (χ3n) is 3.28. The average molecular weight is 279 g/mol. The van der Waals surface area contributed by atoms with Gasteiger partial charge in [-0.3, -0.25) is 0 Å². The first-order valence-corrected chi connectivity index (χ1v) is 6.78. The Balaban J connectivity index is 2.25. The molecular weight excluding hydrogens is 262 g/mol. The number of hydrogen-bond acceptors (Lipinski definition) is 5. The van der Waals surface area contributed by atoms with E-state index in [1.54, 1.807) is 0 Å². The Morgan fingerprint density at radius 1 is 0.905 bits per heavy atom. The van der Waals surface area contributed by atoms with E-state index in [2.05, 4.69) is 38.5 Å². The van der Waals surface area contributed by atoms with Gasteiger partial charge < -0.3 is 10.2 Å². The number of nitrogens with one attached hydrogen (secondary N) is 1. The summed E-state index contributed by atoms with van der Waals surface area (Å²) in [5, 5.41) is 5.30. The second-order valence-electron chi connectivity index (χ2n) is 4.95. The first-order valence-electron chi connectivity index (χ1n) is 6.78. The molecule has 2 aromatic carbocycles. The van der Waals surface area contributed by atoms with Crippen LogP contribution in [0.3, 0.4) is 0 Å². The lowest BCUT2D eigenvalue weighted by atomic mass is 10.0. The summed E-state index contributed by atoms with van der Waals surface area (Å²) in [5.41, 5.74) is 1.01. The SMILES string of the molecule is CNc1nc(-c2cccc3ccccc23)nc(N(C)C)n1. The molecule has 1 aromatic heterocycles. The van der Waals surface area contributed by atoms with Gasteiger partial charge in [0.05, 0.1) is 0 Å². The van der Waals surface area contributed by atoms with Gasteiger partial charge in [0.1, 0.15) is 0 Å². The lowest BCUT2D eigenvalue weighted by Crippen LogP contribution is -2.15. The quantitative estimate of drug-likeness (QED) is 0.799. The van der Waals surface area contributed by atoms with E-state index in [-0.39, 0.29) is 0 Å². The van der Waals surface area contributed by atoms with Crippen LogP contribution in [0.5, 0.6) is 0 Å². The van der Waals surface area contributed by atoms with Gasteiger partial charge in [0.25, 0.3) is 0 Å². The smallest absolute Gasteiger partial charge is 0.230 e. The van der Waals surface area contributed by atoms with Crippen LogP contribution >= 0.6 is 0 Å². The van der Waals surface area contributed by atoms with Gasteiger partial charge in [-0.05, 0) is 10.8 Å². The minimum absolute atomic E-state index is 0.566. The van der Waals surface area contributed by atoms with E-state index in [0.717, 1.165) is 10.9 Å². The molecule has 0 spiro atoms. The minimum atomic E-state index is 0.566. The van der Waals surface area contributed by atoms with Crippen LogP contribution in [0.4, 0.5) is 11.9 Å². The minimum Gasteiger partial charge on any atom is -0.357 e. The highest BCUT2D eigenvalue weighted by Gasteiger charge is 2.11. The van der Waals surface area contributed by atoms with Crippen molar-refractivity contribution in [2.24, 2.45) is 0 Å². The van der Waals surface area contributed by atoms with Crippen molar-refractivity contribution in [2.45, 2.75) is 0 Å². The largest absolute Gasteiger partial charge is 0.357 e. The van der Waals surface area contributed by atoms with E-state index in [9.17, 15) is 0 Å². The number of benzene rings is 2. The summed E-state index contributed by atoms with van der Waals surface area (Å²) >= 11 is 0. The molecule has 3 rings (SSSR count). The summed E-state index contributed by atoms with van der Waals surface area (Å²) < 4.78 is 0. The second kappa shape index (κ2) is 5.36. The van der Waals surface area contributed by atoms with Gasteiger partial charge >= 0.3 is 0 Å². The fraction of sp³-hybridized carbons (Fsp3) is 0.188. The van der Waals surface area contributed by atoms with Crippen molar-refractivity contribution in [3.8, 4) is 11.4 Å². The standard InChI is InChI=1S/C16H17N5/c1-17-15-18-14(19-16(20-15)21(2)3)13-10-6-8-11-7-4-5-9-12(11)13/h4-10H,1-3H3,(H,17,18,19,20). The van der Waals surface area contributed by atoms with Gasteiger partial charge in [-0.2, -0.15) is 15.0 Å². The van der Waals surface area contributed by atoms with E-state index in [1.807, 2.05) is 50.3 Å². The van der Waals surface area contributed by atoms with Crippen LogP contribution in [0.15, 0.2) is 42.5 Å². The summed E-state index contributed by atoms with van der Waals surface area (Å²) in [4.78, 5) is 15.3. The number of fused-ring (bicyclic) bond motifs is 1. The highest BCUT2D eigenvalue weighted by atomic mass is 15.3. The first-order chi connectivity index (χ1) is 10.2. The van der Waals surface area contributed by atoms with E-state index in [1.165, 1.54) is 5.39 Å². The van der Waals surface area contributed by atoms with Crippen LogP contribution in [-0.2, 0) is 0 Å². The third-order valence-corrected chi connectivity index (χ3v) is 3.28. The van der Waals surface area contributed by atoms with Gasteiger partial charge in [0.15, 0.2) is 5.82 Å². The molecule has 3 aromatic rings. The molecule has 21 heavy (non-hydrogen) atoms. The van der Waals surface area contributed by atoms with Crippen LogP contribution in [0, 0.1) is 0 Å². The van der Waals surface area contributed by atoms with Crippen molar-refractivity contribution in [1.29, 1.82) is 0 Å². The molecule has 0 saturated heterocycles. The molecule has 1 N–H and O–H groups in total. The molecule has 0 aliphatic rings. The molecule has 0 fully saturated rings. The predicted octanol–water partition coefficient (Wildman–Crippen LogP) is 2.80. The van der Waals surface area contributed by atoms with Crippen LogP contribution in [0.2, 0.25) is 0 Å². The van der Waals surface area contributed by atoms with Crippen molar-refractivity contribution in [3.05, 3.63) is 42.5 Å².